The van der Waals surface area contributed by atoms with Gasteiger partial charge in [0.05, 0.1) is 13.2 Å². The van der Waals surface area contributed by atoms with Gasteiger partial charge in [0.2, 0.25) is 0 Å². The van der Waals surface area contributed by atoms with Gasteiger partial charge in [-0.05, 0) is 44.5 Å². The van der Waals surface area contributed by atoms with Crippen LogP contribution in [0.15, 0.2) is 12.1 Å². The Kier molecular flexibility index (Phi) is 6.36. The molecule has 2 rings (SSSR count). The number of piperidine rings is 1. The zero-order chi connectivity index (χ0) is 14.9. The van der Waals surface area contributed by atoms with Gasteiger partial charge in [-0.3, -0.25) is 0 Å². The third kappa shape index (κ3) is 5.28. The molecule has 1 fully saturated rings. The molecule has 2 N–H and O–H groups in total. The molecule has 1 aromatic rings. The molecule has 116 valence electrons. The predicted octanol–water partition coefficient (Wildman–Crippen LogP) is 0.834. The van der Waals surface area contributed by atoms with Gasteiger partial charge in [0, 0.05) is 13.2 Å². The molecule has 1 aliphatic rings. The highest BCUT2D eigenvalue weighted by Crippen LogP contribution is 2.08. The number of aromatic nitrogens is 2. The molecule has 1 saturated heterocycles. The van der Waals surface area contributed by atoms with Gasteiger partial charge >= 0.3 is 5.97 Å². The van der Waals surface area contributed by atoms with E-state index in [1.165, 1.54) is 7.11 Å². The summed E-state index contributed by atoms with van der Waals surface area (Å²) in [5.74, 6) is 0.161. The highest BCUT2D eigenvalue weighted by Gasteiger charge is 2.12. The van der Waals surface area contributed by atoms with E-state index in [9.17, 15) is 4.79 Å². The number of nitrogens with zero attached hydrogens (tertiary/aromatic N) is 2. The minimum absolute atomic E-state index is 0.206. The van der Waals surface area contributed by atoms with Crippen LogP contribution in [0.5, 0.6) is 0 Å². The molecule has 7 nitrogen and oxygen atoms in total. The molecule has 0 spiro atoms. The zero-order valence-corrected chi connectivity index (χ0v) is 12.3. The van der Waals surface area contributed by atoms with Crippen LogP contribution in [-0.4, -0.2) is 55.6 Å². The van der Waals surface area contributed by atoms with Crippen molar-refractivity contribution < 1.29 is 14.3 Å². The highest BCUT2D eigenvalue weighted by molar-refractivity contribution is 5.86. The quantitative estimate of drug-likeness (QED) is 0.569. The lowest BCUT2D eigenvalue weighted by Crippen LogP contribution is -2.32. The average molecular weight is 294 g/mol. The van der Waals surface area contributed by atoms with E-state index in [0.717, 1.165) is 45.5 Å². The van der Waals surface area contributed by atoms with E-state index >= 15 is 0 Å². The van der Waals surface area contributed by atoms with Crippen molar-refractivity contribution >= 4 is 11.8 Å². The second-order valence-corrected chi connectivity index (χ2v) is 4.90. The molecule has 1 aromatic heterocycles. The molecule has 2 heterocycles. The van der Waals surface area contributed by atoms with Crippen molar-refractivity contribution in [1.29, 1.82) is 0 Å². The van der Waals surface area contributed by atoms with E-state index in [1.54, 1.807) is 12.1 Å². The van der Waals surface area contributed by atoms with E-state index in [4.69, 9.17) is 4.74 Å². The molecule has 0 bridgehead atoms. The Labute approximate surface area is 124 Å². The molecule has 0 radical (unpaired) electrons. The Morgan fingerprint density at radius 2 is 2.19 bits per heavy atom. The summed E-state index contributed by atoms with van der Waals surface area (Å²) in [6.07, 6.45) is 3.48. The van der Waals surface area contributed by atoms with Gasteiger partial charge in [-0.15, -0.1) is 10.2 Å². The van der Waals surface area contributed by atoms with Gasteiger partial charge in [-0.25, -0.2) is 4.79 Å². The number of nitrogens with one attached hydrogen (secondary N) is 2. The van der Waals surface area contributed by atoms with Crippen LogP contribution in [0.3, 0.4) is 0 Å². The Balaban J connectivity index is 1.61. The maximum Gasteiger partial charge on any atom is 0.358 e. The van der Waals surface area contributed by atoms with Crippen molar-refractivity contribution in [3.8, 4) is 0 Å². The summed E-state index contributed by atoms with van der Waals surface area (Å²) < 4.78 is 10.4. The van der Waals surface area contributed by atoms with E-state index in [-0.39, 0.29) is 5.69 Å². The van der Waals surface area contributed by atoms with Crippen molar-refractivity contribution in [3.05, 3.63) is 17.8 Å². The molecule has 0 unspecified atom stereocenters. The summed E-state index contributed by atoms with van der Waals surface area (Å²) in [6.45, 7) is 3.60. The van der Waals surface area contributed by atoms with Gasteiger partial charge in [0.25, 0.3) is 0 Å². The summed E-state index contributed by atoms with van der Waals surface area (Å²) in [6, 6.07) is 3.31. The maximum atomic E-state index is 11.2. The van der Waals surface area contributed by atoms with Crippen molar-refractivity contribution in [2.45, 2.75) is 25.4 Å². The van der Waals surface area contributed by atoms with E-state index < -0.39 is 5.97 Å². The highest BCUT2D eigenvalue weighted by atomic mass is 16.5. The first-order valence-electron chi connectivity index (χ1n) is 7.28. The number of hydrogen-bond acceptors (Lipinski definition) is 7. The van der Waals surface area contributed by atoms with Crippen molar-refractivity contribution in [2.75, 3.05) is 38.7 Å². The van der Waals surface area contributed by atoms with Gasteiger partial charge < -0.3 is 20.1 Å². The molecule has 0 aliphatic carbocycles. The van der Waals surface area contributed by atoms with Crippen molar-refractivity contribution in [3.63, 3.8) is 0 Å². The summed E-state index contributed by atoms with van der Waals surface area (Å²) in [4.78, 5) is 11.2. The standard InChI is InChI=1S/C14H22N4O3/c1-20-14(19)12-3-4-13(18-17-12)16-7-2-10-21-11-5-8-15-9-6-11/h3-4,11,15H,2,5-10H2,1H3,(H,16,18). The third-order valence-electron chi connectivity index (χ3n) is 3.33. The fraction of sp³-hybridized carbons (Fsp3) is 0.643. The average Bonchev–Trinajstić information content (AvgIpc) is 2.55. The van der Waals surface area contributed by atoms with Crippen LogP contribution in [0.1, 0.15) is 29.8 Å². The molecule has 21 heavy (non-hydrogen) atoms. The van der Waals surface area contributed by atoms with E-state index in [1.807, 2.05) is 0 Å². The predicted molar refractivity (Wildman–Crippen MR) is 78.3 cm³/mol. The SMILES string of the molecule is COC(=O)c1ccc(NCCCOC2CCNCC2)nn1. The van der Waals surface area contributed by atoms with E-state index in [2.05, 4.69) is 25.6 Å². The summed E-state index contributed by atoms with van der Waals surface area (Å²) in [7, 11) is 1.32. The Morgan fingerprint density at radius 1 is 1.38 bits per heavy atom. The summed E-state index contributed by atoms with van der Waals surface area (Å²) in [5, 5.41) is 14.2. The number of rotatable bonds is 7. The molecule has 0 amide bonds. The lowest BCUT2D eigenvalue weighted by Gasteiger charge is -2.22. The molecular formula is C14H22N4O3. The second kappa shape index (κ2) is 8.53. The minimum Gasteiger partial charge on any atom is -0.464 e. The zero-order valence-electron chi connectivity index (χ0n) is 12.3. The number of esters is 1. The third-order valence-corrected chi connectivity index (χ3v) is 3.33. The van der Waals surface area contributed by atoms with Gasteiger partial charge in [0.15, 0.2) is 5.69 Å². The monoisotopic (exact) mass is 294 g/mol. The molecule has 7 heteroatoms. The Morgan fingerprint density at radius 3 is 2.86 bits per heavy atom. The van der Waals surface area contributed by atoms with Crippen LogP contribution < -0.4 is 10.6 Å². The maximum absolute atomic E-state index is 11.2. The number of carbonyl (C=O) groups excluding carboxylic acids is 1. The largest absolute Gasteiger partial charge is 0.464 e. The first-order chi connectivity index (χ1) is 10.3. The topological polar surface area (TPSA) is 85.4 Å². The number of methoxy groups -OCH3 is 1. The van der Waals surface area contributed by atoms with Crippen LogP contribution >= 0.6 is 0 Å². The number of carbonyl (C=O) groups is 1. The molecule has 0 atom stereocenters. The Bertz CT molecular complexity index is 432. The minimum atomic E-state index is -0.482. The lowest BCUT2D eigenvalue weighted by molar-refractivity contribution is 0.0329. The van der Waals surface area contributed by atoms with Crippen LogP contribution in [0.2, 0.25) is 0 Å². The van der Waals surface area contributed by atoms with Gasteiger partial charge in [-0.1, -0.05) is 0 Å². The van der Waals surface area contributed by atoms with Crippen molar-refractivity contribution in [2.24, 2.45) is 0 Å². The fourth-order valence-corrected chi connectivity index (χ4v) is 2.14. The number of hydrogen-bond donors (Lipinski definition) is 2. The van der Waals surface area contributed by atoms with Crippen LogP contribution in [0.25, 0.3) is 0 Å². The van der Waals surface area contributed by atoms with Crippen LogP contribution in [-0.2, 0) is 9.47 Å². The smallest absolute Gasteiger partial charge is 0.358 e. The fourth-order valence-electron chi connectivity index (χ4n) is 2.14. The molecule has 0 saturated carbocycles. The molecule has 1 aliphatic heterocycles. The van der Waals surface area contributed by atoms with Crippen molar-refractivity contribution in [1.82, 2.24) is 15.5 Å². The second-order valence-electron chi connectivity index (χ2n) is 4.90. The summed E-state index contributed by atoms with van der Waals surface area (Å²) in [5.41, 5.74) is 0.206. The number of anilines is 1. The first kappa shape index (κ1) is 15.7. The number of ether oxygens (including phenoxy) is 2. The van der Waals surface area contributed by atoms with Crippen LogP contribution in [0.4, 0.5) is 5.82 Å². The van der Waals surface area contributed by atoms with Gasteiger partial charge in [0.1, 0.15) is 5.82 Å². The lowest BCUT2D eigenvalue weighted by atomic mass is 10.1. The normalized spacial score (nSPS) is 15.7. The molecular weight excluding hydrogens is 272 g/mol. The Hall–Kier alpha value is -1.73. The first-order valence-corrected chi connectivity index (χ1v) is 7.28. The van der Waals surface area contributed by atoms with Gasteiger partial charge in [-0.2, -0.15) is 0 Å². The van der Waals surface area contributed by atoms with Crippen LogP contribution in [0, 0.1) is 0 Å². The molecule has 0 aromatic carbocycles. The summed E-state index contributed by atoms with van der Waals surface area (Å²) >= 11 is 0. The van der Waals surface area contributed by atoms with E-state index in [0.29, 0.717) is 11.9 Å².